The van der Waals surface area contributed by atoms with Gasteiger partial charge in [0.1, 0.15) is 11.5 Å². The fourth-order valence-corrected chi connectivity index (χ4v) is 1.78. The molecule has 0 aliphatic heterocycles. The minimum Gasteiger partial charge on any atom is -0.508 e. The Kier molecular flexibility index (Phi) is 4.46. The van der Waals surface area contributed by atoms with E-state index in [4.69, 9.17) is 5.73 Å². The molecule has 5 N–H and O–H groups in total. The van der Waals surface area contributed by atoms with Crippen LogP contribution in [-0.2, 0) is 4.79 Å². The summed E-state index contributed by atoms with van der Waals surface area (Å²) < 4.78 is 0. The molecule has 2 rings (SSSR count). The highest BCUT2D eigenvalue weighted by Gasteiger charge is 2.11. The Labute approximate surface area is 130 Å². The van der Waals surface area contributed by atoms with Gasteiger partial charge in [-0.15, -0.1) is 0 Å². The largest absolute Gasteiger partial charge is 0.508 e. The maximum atomic E-state index is 11.8. The number of carbonyl (C=O) groups excluding carboxylic acids is 1. The molecule has 0 aliphatic rings. The number of nitrogen functional groups attached to an aromatic ring is 1. The van der Waals surface area contributed by atoms with Gasteiger partial charge in [-0.2, -0.15) is 0 Å². The first-order valence-electron chi connectivity index (χ1n) is 6.42. The Bertz CT molecular complexity index is 802. The molecule has 0 fully saturated rings. The highest BCUT2D eigenvalue weighted by Crippen LogP contribution is 2.28. The number of nitro groups is 1. The molecule has 0 spiro atoms. The number of nitrogens with one attached hydrogen (secondary N) is 1. The van der Waals surface area contributed by atoms with Gasteiger partial charge in [0.2, 0.25) is 5.91 Å². The minimum absolute atomic E-state index is 0.00409. The first-order chi connectivity index (χ1) is 10.9. The second kappa shape index (κ2) is 6.48. The Morgan fingerprint density at radius 3 is 2.65 bits per heavy atom. The van der Waals surface area contributed by atoms with Crippen LogP contribution in [-0.4, -0.2) is 21.0 Å². The summed E-state index contributed by atoms with van der Waals surface area (Å²) in [6, 6.07) is 7.56. The molecule has 23 heavy (non-hydrogen) atoms. The first kappa shape index (κ1) is 15.8. The van der Waals surface area contributed by atoms with Crippen molar-refractivity contribution in [1.82, 2.24) is 0 Å². The van der Waals surface area contributed by atoms with E-state index in [1.165, 1.54) is 24.3 Å². The van der Waals surface area contributed by atoms with E-state index in [-0.39, 0.29) is 22.9 Å². The van der Waals surface area contributed by atoms with Crippen LogP contribution in [0.4, 0.5) is 17.1 Å². The minimum atomic E-state index is -0.640. The fraction of sp³-hybridized carbons (Fsp3) is 0. The van der Waals surface area contributed by atoms with Crippen LogP contribution in [0.25, 0.3) is 6.08 Å². The van der Waals surface area contributed by atoms with Crippen LogP contribution < -0.4 is 11.1 Å². The molecule has 0 aromatic heterocycles. The zero-order valence-corrected chi connectivity index (χ0v) is 11.8. The van der Waals surface area contributed by atoms with Crippen molar-refractivity contribution in [3.05, 3.63) is 58.2 Å². The van der Waals surface area contributed by atoms with Gasteiger partial charge >= 0.3 is 0 Å². The molecular formula is C15H13N3O5. The van der Waals surface area contributed by atoms with Gasteiger partial charge in [0.25, 0.3) is 5.69 Å². The molecule has 1 amide bonds. The monoisotopic (exact) mass is 315 g/mol. The van der Waals surface area contributed by atoms with Gasteiger partial charge in [0, 0.05) is 29.5 Å². The summed E-state index contributed by atoms with van der Waals surface area (Å²) in [4.78, 5) is 21.9. The van der Waals surface area contributed by atoms with E-state index in [9.17, 15) is 25.1 Å². The lowest BCUT2D eigenvalue weighted by molar-refractivity contribution is -0.384. The lowest BCUT2D eigenvalue weighted by Crippen LogP contribution is -2.08. The SMILES string of the molecule is Nc1ccc(O)cc1/C=C/C(=O)Nc1cc([N+](=O)[O-])ccc1O. The van der Waals surface area contributed by atoms with Crippen molar-refractivity contribution in [3.8, 4) is 11.5 Å². The smallest absolute Gasteiger partial charge is 0.271 e. The summed E-state index contributed by atoms with van der Waals surface area (Å²) in [7, 11) is 0. The zero-order chi connectivity index (χ0) is 17.0. The van der Waals surface area contributed by atoms with E-state index in [1.807, 2.05) is 0 Å². The third-order valence-electron chi connectivity index (χ3n) is 2.93. The number of hydrogen-bond donors (Lipinski definition) is 4. The molecule has 0 heterocycles. The number of carbonyl (C=O) groups is 1. The third-order valence-corrected chi connectivity index (χ3v) is 2.93. The number of aromatic hydroxyl groups is 2. The molecule has 0 radical (unpaired) electrons. The van der Waals surface area contributed by atoms with Gasteiger partial charge in [-0.05, 0) is 30.3 Å². The molecular weight excluding hydrogens is 302 g/mol. The molecule has 118 valence electrons. The van der Waals surface area contributed by atoms with E-state index < -0.39 is 10.8 Å². The average molecular weight is 315 g/mol. The number of phenols is 2. The standard InChI is InChI=1S/C15H13N3O5/c16-12-4-3-11(19)7-9(12)1-6-15(21)17-13-8-10(18(22)23)2-5-14(13)20/h1-8,19-20H,16H2,(H,17,21)/b6-1+. The lowest BCUT2D eigenvalue weighted by atomic mass is 10.1. The van der Waals surface area contributed by atoms with Crippen LogP contribution in [0.5, 0.6) is 11.5 Å². The quantitative estimate of drug-likeness (QED) is 0.170. The molecule has 2 aromatic rings. The van der Waals surface area contributed by atoms with Crippen molar-refractivity contribution in [1.29, 1.82) is 0 Å². The first-order valence-corrected chi connectivity index (χ1v) is 6.42. The number of non-ortho nitro benzene ring substituents is 1. The third kappa shape index (κ3) is 3.97. The van der Waals surface area contributed by atoms with Crippen molar-refractivity contribution in [2.75, 3.05) is 11.1 Å². The van der Waals surface area contributed by atoms with Crippen LogP contribution in [0.3, 0.4) is 0 Å². The van der Waals surface area contributed by atoms with Crippen LogP contribution in [0.2, 0.25) is 0 Å². The van der Waals surface area contributed by atoms with Crippen molar-refractivity contribution >= 4 is 29.0 Å². The van der Waals surface area contributed by atoms with E-state index in [1.54, 1.807) is 0 Å². The summed E-state index contributed by atoms with van der Waals surface area (Å²) in [6.45, 7) is 0. The van der Waals surface area contributed by atoms with Crippen molar-refractivity contribution < 1.29 is 19.9 Å². The van der Waals surface area contributed by atoms with Gasteiger partial charge in [0.05, 0.1) is 10.6 Å². The second-order valence-corrected chi connectivity index (χ2v) is 4.59. The maximum absolute atomic E-state index is 11.8. The summed E-state index contributed by atoms with van der Waals surface area (Å²) in [6.07, 6.45) is 2.50. The molecule has 0 atom stereocenters. The normalized spacial score (nSPS) is 10.6. The lowest BCUT2D eigenvalue weighted by Gasteiger charge is -2.05. The van der Waals surface area contributed by atoms with E-state index in [0.29, 0.717) is 11.3 Å². The average Bonchev–Trinajstić information content (AvgIpc) is 2.50. The Morgan fingerprint density at radius 1 is 1.22 bits per heavy atom. The van der Waals surface area contributed by atoms with Crippen molar-refractivity contribution in [2.24, 2.45) is 0 Å². The number of hydrogen-bond acceptors (Lipinski definition) is 6. The number of amides is 1. The zero-order valence-electron chi connectivity index (χ0n) is 11.8. The molecule has 0 saturated carbocycles. The van der Waals surface area contributed by atoms with Gasteiger partial charge in [-0.25, -0.2) is 0 Å². The number of nitrogens with zero attached hydrogens (tertiary/aromatic N) is 1. The van der Waals surface area contributed by atoms with Gasteiger partial charge in [-0.3, -0.25) is 14.9 Å². The fourth-order valence-electron chi connectivity index (χ4n) is 1.78. The van der Waals surface area contributed by atoms with E-state index in [2.05, 4.69) is 5.32 Å². The second-order valence-electron chi connectivity index (χ2n) is 4.59. The summed E-state index contributed by atoms with van der Waals surface area (Å²) >= 11 is 0. The van der Waals surface area contributed by atoms with E-state index in [0.717, 1.165) is 24.3 Å². The van der Waals surface area contributed by atoms with E-state index >= 15 is 0 Å². The topological polar surface area (TPSA) is 139 Å². The van der Waals surface area contributed by atoms with Gasteiger partial charge in [-0.1, -0.05) is 0 Å². The Hall–Kier alpha value is -3.55. The molecule has 0 saturated heterocycles. The number of anilines is 2. The number of nitro benzene ring substituents is 1. The number of phenolic OH excluding ortho intramolecular Hbond substituents is 2. The molecule has 0 bridgehead atoms. The highest BCUT2D eigenvalue weighted by atomic mass is 16.6. The van der Waals surface area contributed by atoms with Crippen LogP contribution in [0.1, 0.15) is 5.56 Å². The predicted octanol–water partition coefficient (Wildman–Crippen LogP) is 2.24. The maximum Gasteiger partial charge on any atom is 0.271 e. The van der Waals surface area contributed by atoms with Gasteiger partial charge < -0.3 is 21.3 Å². The summed E-state index contributed by atoms with van der Waals surface area (Å²) in [5, 5.41) is 32.0. The van der Waals surface area contributed by atoms with Crippen LogP contribution >= 0.6 is 0 Å². The Balaban J connectivity index is 2.16. The number of nitrogens with two attached hydrogens (primary N) is 1. The molecule has 0 aliphatic carbocycles. The predicted molar refractivity (Wildman–Crippen MR) is 84.9 cm³/mol. The highest BCUT2D eigenvalue weighted by molar-refractivity contribution is 6.03. The Morgan fingerprint density at radius 2 is 1.96 bits per heavy atom. The number of rotatable bonds is 4. The molecule has 0 unspecified atom stereocenters. The molecule has 8 nitrogen and oxygen atoms in total. The summed E-state index contributed by atoms with van der Waals surface area (Å²) in [5.41, 5.74) is 6.15. The van der Waals surface area contributed by atoms with Crippen molar-refractivity contribution in [2.45, 2.75) is 0 Å². The van der Waals surface area contributed by atoms with Gasteiger partial charge in [0.15, 0.2) is 0 Å². The number of benzene rings is 2. The molecule has 2 aromatic carbocycles. The van der Waals surface area contributed by atoms with Crippen LogP contribution in [0, 0.1) is 10.1 Å². The molecule has 8 heteroatoms. The van der Waals surface area contributed by atoms with Crippen LogP contribution in [0.15, 0.2) is 42.5 Å². The van der Waals surface area contributed by atoms with Crippen molar-refractivity contribution in [3.63, 3.8) is 0 Å². The summed E-state index contributed by atoms with van der Waals surface area (Å²) in [5.74, 6) is -0.923.